The molecule has 1 fully saturated rings. The molecule has 2 atom stereocenters. The van der Waals surface area contributed by atoms with Crippen molar-refractivity contribution >= 4 is 17.2 Å². The van der Waals surface area contributed by atoms with Crippen LogP contribution in [-0.4, -0.2) is 21.1 Å². The topological polar surface area (TPSA) is 43.2 Å². The molecular weight excluding hydrogens is 250 g/mol. The van der Waals surface area contributed by atoms with Gasteiger partial charge in [0.2, 0.25) is 0 Å². The van der Waals surface area contributed by atoms with E-state index in [1.807, 2.05) is 54.7 Å². The van der Waals surface area contributed by atoms with Gasteiger partial charge >= 0.3 is 0 Å². The summed E-state index contributed by atoms with van der Waals surface area (Å²) in [7, 11) is 0. The largest absolute Gasteiger partial charge is 0.360 e. The maximum Gasteiger partial charge on any atom is 0.113 e. The molecule has 2 heterocycles. The van der Waals surface area contributed by atoms with Crippen molar-refractivity contribution in [3.63, 3.8) is 0 Å². The second-order valence-electron chi connectivity index (χ2n) is 4.80. The summed E-state index contributed by atoms with van der Waals surface area (Å²) in [5, 5.41) is 8.23. The minimum absolute atomic E-state index is 0.125. The number of rotatable bonds is 3. The van der Waals surface area contributed by atoms with Crippen LogP contribution < -0.4 is 0 Å². The average Bonchev–Trinajstić information content (AvgIpc) is 3.18. The summed E-state index contributed by atoms with van der Waals surface area (Å²) in [4.78, 5) is 0. The van der Waals surface area contributed by atoms with Crippen LogP contribution in [0.1, 0.15) is 11.7 Å². The van der Waals surface area contributed by atoms with E-state index in [-0.39, 0.29) is 12.2 Å². The van der Waals surface area contributed by atoms with Crippen LogP contribution in [0.5, 0.6) is 0 Å². The highest BCUT2D eigenvalue weighted by molar-refractivity contribution is 5.75. The van der Waals surface area contributed by atoms with Crippen molar-refractivity contribution in [1.29, 1.82) is 0 Å². The average molecular weight is 263 g/mol. The fraction of sp³-hybridized carbons (Fsp3) is 0.125. The molecule has 1 saturated heterocycles. The normalized spacial score (nSPS) is 21.6. The van der Waals surface area contributed by atoms with Crippen LogP contribution in [0, 0.1) is 0 Å². The molecule has 1 aliphatic heterocycles. The maximum atomic E-state index is 5.67. The summed E-state index contributed by atoms with van der Waals surface area (Å²) in [5.74, 6) is 0. The Hall–Kier alpha value is -2.46. The number of para-hydroxylation sites is 1. The third-order valence-electron chi connectivity index (χ3n) is 3.45. The molecule has 1 aliphatic rings. The van der Waals surface area contributed by atoms with Crippen molar-refractivity contribution < 1.29 is 4.74 Å². The van der Waals surface area contributed by atoms with Crippen LogP contribution in [0.4, 0.5) is 0 Å². The molecule has 0 aliphatic carbocycles. The fourth-order valence-electron chi connectivity index (χ4n) is 2.34. The van der Waals surface area contributed by atoms with Crippen LogP contribution in [0.25, 0.3) is 17.2 Å². The third kappa shape index (κ3) is 2.00. The first-order chi connectivity index (χ1) is 9.92. The fourth-order valence-corrected chi connectivity index (χ4v) is 2.34. The van der Waals surface area contributed by atoms with Crippen LogP contribution in [0.15, 0.2) is 60.7 Å². The molecule has 20 heavy (non-hydrogen) atoms. The van der Waals surface area contributed by atoms with Crippen molar-refractivity contribution in [3.05, 3.63) is 66.2 Å². The van der Waals surface area contributed by atoms with Gasteiger partial charge in [-0.05, 0) is 23.8 Å². The molecule has 4 rings (SSSR count). The van der Waals surface area contributed by atoms with Crippen molar-refractivity contribution in [2.24, 2.45) is 0 Å². The Labute approximate surface area is 116 Å². The van der Waals surface area contributed by atoms with E-state index in [1.54, 1.807) is 4.68 Å². The molecule has 4 nitrogen and oxygen atoms in total. The van der Waals surface area contributed by atoms with E-state index < -0.39 is 0 Å². The SMILES string of the molecule is C(=C\n1nnc2ccccc21)/[C@H]1O[C@@H]1c1ccccc1. The summed E-state index contributed by atoms with van der Waals surface area (Å²) < 4.78 is 7.44. The third-order valence-corrected chi connectivity index (χ3v) is 3.45. The van der Waals surface area contributed by atoms with Gasteiger partial charge in [0.1, 0.15) is 17.7 Å². The van der Waals surface area contributed by atoms with E-state index in [0.717, 1.165) is 11.0 Å². The van der Waals surface area contributed by atoms with Crippen LogP contribution in [0.3, 0.4) is 0 Å². The zero-order valence-corrected chi connectivity index (χ0v) is 10.8. The van der Waals surface area contributed by atoms with E-state index in [4.69, 9.17) is 4.74 Å². The lowest BCUT2D eigenvalue weighted by molar-refractivity contribution is 0.394. The number of hydrogen-bond donors (Lipinski definition) is 0. The number of nitrogens with zero attached hydrogens (tertiary/aromatic N) is 3. The number of ether oxygens (including phenoxy) is 1. The highest BCUT2D eigenvalue weighted by Crippen LogP contribution is 2.39. The Balaban J connectivity index is 1.53. The summed E-state index contributed by atoms with van der Waals surface area (Å²) in [6, 6.07) is 18.1. The summed E-state index contributed by atoms with van der Waals surface area (Å²) in [6.07, 6.45) is 4.24. The highest BCUT2D eigenvalue weighted by Gasteiger charge is 2.37. The molecular formula is C16H13N3O. The Morgan fingerprint density at radius 3 is 2.70 bits per heavy atom. The molecule has 0 spiro atoms. The van der Waals surface area contributed by atoms with Gasteiger partial charge in [-0.3, -0.25) is 0 Å². The summed E-state index contributed by atoms with van der Waals surface area (Å²) in [5.41, 5.74) is 3.11. The van der Waals surface area contributed by atoms with Crippen molar-refractivity contribution in [2.75, 3.05) is 0 Å². The first-order valence-electron chi connectivity index (χ1n) is 6.60. The second kappa shape index (κ2) is 4.58. The minimum atomic E-state index is 0.125. The first kappa shape index (κ1) is 11.4. The predicted octanol–water partition coefficient (Wildman–Crippen LogP) is 3.04. The van der Waals surface area contributed by atoms with E-state index in [9.17, 15) is 0 Å². The predicted molar refractivity (Wildman–Crippen MR) is 76.9 cm³/mol. The number of epoxide rings is 1. The Morgan fingerprint density at radius 2 is 1.80 bits per heavy atom. The van der Waals surface area contributed by atoms with Gasteiger partial charge in [-0.25, -0.2) is 4.68 Å². The Morgan fingerprint density at radius 1 is 1.00 bits per heavy atom. The standard InChI is InChI=1S/C16H13N3O/c1-2-6-12(7-3-1)16-15(20-16)10-11-19-14-9-5-4-8-13(14)17-18-19/h1-11,15-16H/b11-10+/t15-,16-/m1/s1. The number of hydrogen-bond acceptors (Lipinski definition) is 3. The van der Waals surface area contributed by atoms with Crippen LogP contribution >= 0.6 is 0 Å². The summed E-state index contributed by atoms with van der Waals surface area (Å²) in [6.45, 7) is 0. The van der Waals surface area contributed by atoms with Gasteiger partial charge in [0.15, 0.2) is 0 Å². The van der Waals surface area contributed by atoms with Gasteiger partial charge in [0.05, 0.1) is 5.52 Å². The summed E-state index contributed by atoms with van der Waals surface area (Å²) >= 11 is 0. The van der Waals surface area contributed by atoms with E-state index in [0.29, 0.717) is 0 Å². The lowest BCUT2D eigenvalue weighted by atomic mass is 10.1. The molecule has 0 amide bonds. The minimum Gasteiger partial charge on any atom is -0.360 e. The Kier molecular flexibility index (Phi) is 2.60. The monoisotopic (exact) mass is 263 g/mol. The molecule has 3 aromatic rings. The van der Waals surface area contributed by atoms with Crippen molar-refractivity contribution in [2.45, 2.75) is 12.2 Å². The van der Waals surface area contributed by atoms with E-state index in [2.05, 4.69) is 22.4 Å². The molecule has 0 N–H and O–H groups in total. The first-order valence-corrected chi connectivity index (χ1v) is 6.60. The molecule has 0 unspecified atom stereocenters. The highest BCUT2D eigenvalue weighted by atomic mass is 16.6. The molecule has 2 aromatic carbocycles. The molecule has 1 aromatic heterocycles. The number of benzene rings is 2. The second-order valence-corrected chi connectivity index (χ2v) is 4.80. The Bertz CT molecular complexity index is 764. The number of aromatic nitrogens is 3. The molecule has 98 valence electrons. The lowest BCUT2D eigenvalue weighted by Gasteiger charge is -1.93. The van der Waals surface area contributed by atoms with Crippen LogP contribution in [-0.2, 0) is 4.74 Å². The smallest absolute Gasteiger partial charge is 0.113 e. The van der Waals surface area contributed by atoms with E-state index >= 15 is 0 Å². The molecule has 0 saturated carbocycles. The number of fused-ring (bicyclic) bond motifs is 1. The van der Waals surface area contributed by atoms with Gasteiger partial charge < -0.3 is 4.74 Å². The molecule has 0 radical (unpaired) electrons. The van der Waals surface area contributed by atoms with Crippen LogP contribution in [0.2, 0.25) is 0 Å². The van der Waals surface area contributed by atoms with E-state index in [1.165, 1.54) is 5.56 Å². The van der Waals surface area contributed by atoms with Gasteiger partial charge in [-0.15, -0.1) is 5.10 Å². The van der Waals surface area contributed by atoms with Crippen molar-refractivity contribution in [1.82, 2.24) is 15.0 Å². The lowest BCUT2D eigenvalue weighted by Crippen LogP contribution is -1.90. The van der Waals surface area contributed by atoms with Crippen molar-refractivity contribution in [3.8, 4) is 0 Å². The quantitative estimate of drug-likeness (QED) is 0.682. The molecule has 4 heteroatoms. The maximum absolute atomic E-state index is 5.67. The van der Waals surface area contributed by atoms with Gasteiger partial charge in [-0.2, -0.15) is 0 Å². The van der Waals surface area contributed by atoms with Gasteiger partial charge in [0.25, 0.3) is 0 Å². The zero-order valence-electron chi connectivity index (χ0n) is 10.8. The van der Waals surface area contributed by atoms with Gasteiger partial charge in [-0.1, -0.05) is 47.7 Å². The zero-order chi connectivity index (χ0) is 13.4. The van der Waals surface area contributed by atoms with Gasteiger partial charge in [0, 0.05) is 6.20 Å². The molecule has 0 bridgehead atoms.